The summed E-state index contributed by atoms with van der Waals surface area (Å²) in [5.74, 6) is 1.62. The lowest BCUT2D eigenvalue weighted by Gasteiger charge is -2.37. The van der Waals surface area contributed by atoms with Crippen molar-refractivity contribution in [3.8, 4) is 0 Å². The Morgan fingerprint density at radius 2 is 2.04 bits per heavy atom. The summed E-state index contributed by atoms with van der Waals surface area (Å²) in [7, 11) is 0.686. The van der Waals surface area contributed by atoms with Crippen LogP contribution in [-0.2, 0) is 16.6 Å². The number of anilines is 1. The molecule has 24 heavy (non-hydrogen) atoms. The van der Waals surface area contributed by atoms with Crippen molar-refractivity contribution in [2.24, 2.45) is 5.92 Å². The number of sulfonamides is 1. The normalized spacial score (nSPS) is 27.8. The fourth-order valence-electron chi connectivity index (χ4n) is 3.90. The van der Waals surface area contributed by atoms with E-state index in [1.807, 2.05) is 25.2 Å². The molecule has 0 unspecified atom stereocenters. The van der Waals surface area contributed by atoms with Crippen LogP contribution in [0.2, 0.25) is 0 Å². The van der Waals surface area contributed by atoms with Gasteiger partial charge in [-0.3, -0.25) is 4.90 Å². The third-order valence-corrected chi connectivity index (χ3v) is 6.63. The predicted molar refractivity (Wildman–Crippen MR) is 92.4 cm³/mol. The van der Waals surface area contributed by atoms with E-state index in [9.17, 15) is 8.42 Å². The first-order chi connectivity index (χ1) is 11.3. The summed E-state index contributed by atoms with van der Waals surface area (Å²) in [6, 6.07) is 0.234. The first kappa shape index (κ1) is 16.2. The lowest BCUT2D eigenvalue weighted by molar-refractivity contribution is 0.158. The molecule has 0 radical (unpaired) electrons. The van der Waals surface area contributed by atoms with Gasteiger partial charge < -0.3 is 4.90 Å². The van der Waals surface area contributed by atoms with E-state index in [-0.39, 0.29) is 12.0 Å². The van der Waals surface area contributed by atoms with Gasteiger partial charge in [0.15, 0.2) is 0 Å². The fraction of sp³-hybridized carbons (Fsp3) is 0.750. The van der Waals surface area contributed by atoms with E-state index in [2.05, 4.69) is 9.88 Å². The van der Waals surface area contributed by atoms with Crippen LogP contribution in [-0.4, -0.2) is 73.6 Å². The van der Waals surface area contributed by atoms with E-state index in [0.717, 1.165) is 30.3 Å². The van der Waals surface area contributed by atoms with Crippen LogP contribution in [0.4, 0.5) is 5.95 Å². The Bertz CT molecular complexity index is 747. The minimum absolute atomic E-state index is 0.143. The Balaban J connectivity index is 1.71. The van der Waals surface area contributed by atoms with Crippen molar-refractivity contribution in [3.05, 3.63) is 17.5 Å². The lowest BCUT2D eigenvalue weighted by Crippen LogP contribution is -2.45. The summed E-state index contributed by atoms with van der Waals surface area (Å²) in [6.45, 7) is 3.00. The van der Waals surface area contributed by atoms with Gasteiger partial charge in [-0.2, -0.15) is 4.31 Å². The third-order valence-electron chi connectivity index (χ3n) is 5.39. The van der Waals surface area contributed by atoms with Crippen molar-refractivity contribution >= 4 is 16.0 Å². The number of aromatic nitrogens is 2. The van der Waals surface area contributed by atoms with Crippen molar-refractivity contribution in [1.29, 1.82) is 0 Å². The second-order valence-corrected chi connectivity index (χ2v) is 9.58. The van der Waals surface area contributed by atoms with E-state index < -0.39 is 10.0 Å². The van der Waals surface area contributed by atoms with Crippen molar-refractivity contribution in [3.63, 3.8) is 0 Å². The third kappa shape index (κ3) is 2.91. The first-order valence-electron chi connectivity index (χ1n) is 8.55. The van der Waals surface area contributed by atoms with Crippen LogP contribution in [0.15, 0.2) is 6.20 Å². The molecule has 1 saturated carbocycles. The number of hydrogen-bond donors (Lipinski definition) is 0. The number of hydrogen-bond acceptors (Lipinski definition) is 6. The van der Waals surface area contributed by atoms with E-state index >= 15 is 0 Å². The maximum Gasteiger partial charge on any atom is 0.225 e. The van der Waals surface area contributed by atoms with Crippen LogP contribution in [0.25, 0.3) is 0 Å². The Morgan fingerprint density at radius 1 is 1.29 bits per heavy atom. The molecule has 4 rings (SSSR count). The molecule has 2 atom stereocenters. The molecule has 0 bridgehead atoms. The van der Waals surface area contributed by atoms with E-state index in [1.165, 1.54) is 19.1 Å². The van der Waals surface area contributed by atoms with Gasteiger partial charge in [0.1, 0.15) is 0 Å². The maximum absolute atomic E-state index is 12.1. The quantitative estimate of drug-likeness (QED) is 0.787. The highest BCUT2D eigenvalue weighted by Gasteiger charge is 2.46. The minimum atomic E-state index is -3.17. The Kier molecular flexibility index (Phi) is 3.81. The zero-order valence-electron chi connectivity index (χ0n) is 14.5. The van der Waals surface area contributed by atoms with E-state index in [1.54, 1.807) is 4.31 Å². The maximum atomic E-state index is 12.1. The molecule has 3 heterocycles. The van der Waals surface area contributed by atoms with E-state index in [4.69, 9.17) is 4.98 Å². The Morgan fingerprint density at radius 3 is 2.67 bits per heavy atom. The molecule has 1 saturated heterocycles. The van der Waals surface area contributed by atoms with Gasteiger partial charge in [0.05, 0.1) is 11.9 Å². The Labute approximate surface area is 143 Å². The molecule has 0 spiro atoms. The molecule has 0 amide bonds. The van der Waals surface area contributed by atoms with Gasteiger partial charge in [0.25, 0.3) is 0 Å². The highest BCUT2D eigenvalue weighted by atomic mass is 32.2. The topological polar surface area (TPSA) is 69.6 Å². The predicted octanol–water partition coefficient (Wildman–Crippen LogP) is 0.496. The molecule has 0 aromatic carbocycles. The molecule has 1 aromatic heterocycles. The minimum Gasteiger partial charge on any atom is -0.347 e. The van der Waals surface area contributed by atoms with Crippen LogP contribution in [0.5, 0.6) is 0 Å². The standard InChI is InChI=1S/C16H25N5O2S/c1-19(2)16-17-6-12-8-20(7-11-4-5-11)14-10-21(24(3,22)23)9-13(14)15(12)18-16/h6,11,13-14H,4-5,7-10H2,1-3H3/t13-,14-/m1/s1. The number of rotatable bonds is 4. The summed E-state index contributed by atoms with van der Waals surface area (Å²) < 4.78 is 25.8. The van der Waals surface area contributed by atoms with Gasteiger partial charge in [0.2, 0.25) is 16.0 Å². The monoisotopic (exact) mass is 351 g/mol. The van der Waals surface area contributed by atoms with Gasteiger partial charge in [0, 0.05) is 64.0 Å². The van der Waals surface area contributed by atoms with Crippen molar-refractivity contribution in [1.82, 2.24) is 19.2 Å². The first-order valence-corrected chi connectivity index (χ1v) is 10.4. The fourth-order valence-corrected chi connectivity index (χ4v) is 4.75. The number of fused-ring (bicyclic) bond motifs is 3. The van der Waals surface area contributed by atoms with Crippen LogP contribution >= 0.6 is 0 Å². The van der Waals surface area contributed by atoms with Crippen LogP contribution in [0, 0.1) is 5.92 Å². The smallest absolute Gasteiger partial charge is 0.225 e. The number of nitrogens with zero attached hydrogens (tertiary/aromatic N) is 5. The molecular formula is C16H25N5O2S. The van der Waals surface area contributed by atoms with Crippen molar-refractivity contribution in [2.45, 2.75) is 31.3 Å². The average molecular weight is 351 g/mol. The summed E-state index contributed by atoms with van der Waals surface area (Å²) in [5, 5.41) is 0. The molecule has 2 fully saturated rings. The molecule has 8 heteroatoms. The van der Waals surface area contributed by atoms with E-state index in [0.29, 0.717) is 19.0 Å². The van der Waals surface area contributed by atoms with Gasteiger partial charge in [-0.15, -0.1) is 0 Å². The summed E-state index contributed by atoms with van der Waals surface area (Å²) in [6.07, 6.45) is 5.83. The van der Waals surface area contributed by atoms with Crippen molar-refractivity contribution < 1.29 is 8.42 Å². The molecule has 2 aliphatic heterocycles. The van der Waals surface area contributed by atoms with Gasteiger partial charge in [-0.05, 0) is 18.8 Å². The zero-order valence-corrected chi connectivity index (χ0v) is 15.3. The second-order valence-electron chi connectivity index (χ2n) is 7.60. The summed E-state index contributed by atoms with van der Waals surface area (Å²) >= 11 is 0. The highest BCUT2D eigenvalue weighted by molar-refractivity contribution is 7.88. The second kappa shape index (κ2) is 5.64. The molecule has 0 N–H and O–H groups in total. The SMILES string of the molecule is CN(C)c1ncc2c(n1)[C@@H]1CN(S(C)(=O)=O)C[C@H]1N(CC1CC1)C2. The lowest BCUT2D eigenvalue weighted by atomic mass is 9.90. The Hall–Kier alpha value is -1.25. The summed E-state index contributed by atoms with van der Waals surface area (Å²) in [4.78, 5) is 13.6. The molecule has 7 nitrogen and oxygen atoms in total. The molecular weight excluding hydrogens is 326 g/mol. The van der Waals surface area contributed by atoms with Crippen LogP contribution < -0.4 is 4.90 Å². The molecule has 3 aliphatic rings. The van der Waals surface area contributed by atoms with Gasteiger partial charge >= 0.3 is 0 Å². The van der Waals surface area contributed by atoms with Gasteiger partial charge in [-0.25, -0.2) is 18.4 Å². The zero-order chi connectivity index (χ0) is 17.1. The van der Waals surface area contributed by atoms with Crippen LogP contribution in [0.1, 0.15) is 30.0 Å². The molecule has 1 aliphatic carbocycles. The van der Waals surface area contributed by atoms with Gasteiger partial charge in [-0.1, -0.05) is 0 Å². The van der Waals surface area contributed by atoms with Crippen LogP contribution in [0.3, 0.4) is 0 Å². The largest absolute Gasteiger partial charge is 0.347 e. The highest BCUT2D eigenvalue weighted by Crippen LogP contribution is 2.41. The molecule has 132 valence electrons. The summed E-state index contributed by atoms with van der Waals surface area (Å²) in [5.41, 5.74) is 2.19. The van der Waals surface area contributed by atoms with Crippen molar-refractivity contribution in [2.75, 3.05) is 44.9 Å². The molecule has 1 aromatic rings. The average Bonchev–Trinajstić information content (AvgIpc) is 3.19.